The highest BCUT2D eigenvalue weighted by Crippen LogP contribution is 2.47. The zero-order chi connectivity index (χ0) is 18.8. The SMILES string of the molecule is O=C(Cc1ccc(CCC(=O)N2CC3CCCC4CC2CC4C3)cc1)NO. The topological polar surface area (TPSA) is 69.6 Å². The Kier molecular flexibility index (Phi) is 5.48. The van der Waals surface area contributed by atoms with Crippen LogP contribution < -0.4 is 5.48 Å². The van der Waals surface area contributed by atoms with Crippen molar-refractivity contribution in [2.24, 2.45) is 17.8 Å². The fourth-order valence-electron chi connectivity index (χ4n) is 5.63. The van der Waals surface area contributed by atoms with Crippen LogP contribution in [0.3, 0.4) is 0 Å². The summed E-state index contributed by atoms with van der Waals surface area (Å²) in [5.74, 6) is 2.34. The van der Waals surface area contributed by atoms with Gasteiger partial charge in [-0.25, -0.2) is 5.48 Å². The Hall–Kier alpha value is -1.88. The van der Waals surface area contributed by atoms with Crippen LogP contribution in [0.2, 0.25) is 0 Å². The number of carbonyl (C=O) groups excluding carboxylic acids is 2. The van der Waals surface area contributed by atoms with Gasteiger partial charge in [0.25, 0.3) is 0 Å². The van der Waals surface area contributed by atoms with E-state index in [0.717, 1.165) is 35.9 Å². The van der Waals surface area contributed by atoms with Gasteiger partial charge in [-0.05, 0) is 61.0 Å². The van der Waals surface area contributed by atoms with Crippen LogP contribution in [0.4, 0.5) is 0 Å². The average molecular weight is 370 g/mol. The van der Waals surface area contributed by atoms with E-state index in [4.69, 9.17) is 5.21 Å². The Morgan fingerprint density at radius 3 is 2.56 bits per heavy atom. The molecule has 1 aliphatic heterocycles. The molecule has 5 nitrogen and oxygen atoms in total. The molecule has 1 aromatic carbocycles. The molecule has 3 fully saturated rings. The van der Waals surface area contributed by atoms with Crippen molar-refractivity contribution >= 4 is 11.8 Å². The molecule has 5 heteroatoms. The molecule has 3 bridgehead atoms. The van der Waals surface area contributed by atoms with Gasteiger partial charge in [0.2, 0.25) is 11.8 Å². The molecule has 2 amide bonds. The average Bonchev–Trinajstić information content (AvgIpc) is 2.89. The van der Waals surface area contributed by atoms with Crippen LogP contribution in [0.5, 0.6) is 0 Å². The highest BCUT2D eigenvalue weighted by molar-refractivity contribution is 5.77. The summed E-state index contributed by atoms with van der Waals surface area (Å²) >= 11 is 0. The van der Waals surface area contributed by atoms with Crippen LogP contribution >= 0.6 is 0 Å². The highest BCUT2D eigenvalue weighted by atomic mass is 16.5. The molecule has 1 aromatic rings. The second-order valence-electron chi connectivity index (χ2n) is 8.75. The molecule has 1 saturated heterocycles. The molecular weight excluding hydrogens is 340 g/mol. The molecule has 4 unspecified atom stereocenters. The van der Waals surface area contributed by atoms with Crippen molar-refractivity contribution in [3.05, 3.63) is 35.4 Å². The van der Waals surface area contributed by atoms with Gasteiger partial charge in [-0.15, -0.1) is 0 Å². The molecule has 4 atom stereocenters. The van der Waals surface area contributed by atoms with E-state index in [0.29, 0.717) is 24.3 Å². The van der Waals surface area contributed by atoms with E-state index in [1.54, 1.807) is 5.48 Å². The van der Waals surface area contributed by atoms with Crippen molar-refractivity contribution in [1.29, 1.82) is 0 Å². The number of amides is 2. The number of fused-ring (bicyclic) bond motifs is 2. The second-order valence-corrected chi connectivity index (χ2v) is 8.75. The number of hydrogen-bond acceptors (Lipinski definition) is 3. The first kappa shape index (κ1) is 18.5. The summed E-state index contributed by atoms with van der Waals surface area (Å²) in [4.78, 5) is 26.4. The highest BCUT2D eigenvalue weighted by Gasteiger charge is 2.44. The van der Waals surface area contributed by atoms with Crippen LogP contribution in [0.25, 0.3) is 0 Å². The minimum Gasteiger partial charge on any atom is -0.339 e. The minimum absolute atomic E-state index is 0.162. The number of aryl methyl sites for hydroxylation is 1. The van der Waals surface area contributed by atoms with Crippen molar-refractivity contribution in [2.75, 3.05) is 6.54 Å². The maximum atomic E-state index is 13.0. The predicted molar refractivity (Wildman–Crippen MR) is 102 cm³/mol. The number of benzene rings is 1. The molecule has 0 spiro atoms. The molecule has 1 heterocycles. The van der Waals surface area contributed by atoms with Crippen LogP contribution in [-0.4, -0.2) is 34.5 Å². The molecule has 4 rings (SSSR count). The quantitative estimate of drug-likeness (QED) is 0.618. The van der Waals surface area contributed by atoms with Crippen LogP contribution in [0.1, 0.15) is 56.1 Å². The standard InChI is InChI=1S/C22H30N2O3/c25-21(23-27)11-16-6-4-15(5-7-16)8-9-22(26)24-14-17-2-1-3-18-12-20(24)13-19(18)10-17/h4-7,17-20,27H,1-3,8-14H2,(H,23,25). The maximum Gasteiger partial charge on any atom is 0.247 e. The maximum absolute atomic E-state index is 13.0. The number of rotatable bonds is 5. The van der Waals surface area contributed by atoms with Gasteiger partial charge in [0.05, 0.1) is 6.42 Å². The predicted octanol–water partition coefficient (Wildman–Crippen LogP) is 3.09. The van der Waals surface area contributed by atoms with Crippen LogP contribution in [0.15, 0.2) is 24.3 Å². The molecule has 0 radical (unpaired) electrons. The first-order valence-corrected chi connectivity index (χ1v) is 10.4. The van der Waals surface area contributed by atoms with E-state index < -0.39 is 5.91 Å². The fourth-order valence-corrected chi connectivity index (χ4v) is 5.63. The summed E-state index contributed by atoms with van der Waals surface area (Å²) in [6.45, 7) is 0.974. The van der Waals surface area contributed by atoms with E-state index in [1.807, 2.05) is 24.3 Å². The smallest absolute Gasteiger partial charge is 0.247 e. The number of carbonyl (C=O) groups is 2. The summed E-state index contributed by atoms with van der Waals surface area (Å²) in [5, 5.41) is 8.60. The van der Waals surface area contributed by atoms with Gasteiger partial charge in [-0.3, -0.25) is 14.8 Å². The molecule has 3 aliphatic rings. The number of nitrogens with zero attached hydrogens (tertiary/aromatic N) is 1. The van der Waals surface area contributed by atoms with Gasteiger partial charge < -0.3 is 4.90 Å². The lowest BCUT2D eigenvalue weighted by Crippen LogP contribution is -2.41. The molecule has 0 aromatic heterocycles. The summed E-state index contributed by atoms with van der Waals surface area (Å²) in [6, 6.07) is 8.23. The van der Waals surface area contributed by atoms with Crippen LogP contribution in [0, 0.1) is 17.8 Å². The number of hydrogen-bond donors (Lipinski definition) is 2. The number of likely N-dealkylation sites (tertiary alicyclic amines) is 1. The molecule has 2 saturated carbocycles. The Balaban J connectivity index is 1.34. The fraction of sp³-hybridized carbons (Fsp3) is 0.636. The molecule has 27 heavy (non-hydrogen) atoms. The van der Waals surface area contributed by atoms with E-state index >= 15 is 0 Å². The third-order valence-corrected chi connectivity index (χ3v) is 7.00. The van der Waals surface area contributed by atoms with E-state index in [-0.39, 0.29) is 6.42 Å². The molecule has 2 N–H and O–H groups in total. The van der Waals surface area contributed by atoms with Gasteiger partial charge in [0, 0.05) is 19.0 Å². The molecule has 146 valence electrons. The Morgan fingerprint density at radius 1 is 1.04 bits per heavy atom. The monoisotopic (exact) mass is 370 g/mol. The second kappa shape index (κ2) is 8.01. The zero-order valence-electron chi connectivity index (χ0n) is 15.9. The number of hydroxylamine groups is 1. The Morgan fingerprint density at radius 2 is 1.78 bits per heavy atom. The Bertz CT molecular complexity index is 685. The van der Waals surface area contributed by atoms with Crippen LogP contribution in [-0.2, 0) is 22.4 Å². The third kappa shape index (κ3) is 4.18. The van der Waals surface area contributed by atoms with Crippen molar-refractivity contribution in [1.82, 2.24) is 10.4 Å². The van der Waals surface area contributed by atoms with Gasteiger partial charge in [-0.2, -0.15) is 0 Å². The third-order valence-electron chi connectivity index (χ3n) is 7.00. The van der Waals surface area contributed by atoms with Gasteiger partial charge in [0.1, 0.15) is 0 Å². The molecule has 2 aliphatic carbocycles. The van der Waals surface area contributed by atoms with Crippen molar-refractivity contribution in [3.8, 4) is 0 Å². The van der Waals surface area contributed by atoms with E-state index in [9.17, 15) is 9.59 Å². The lowest BCUT2D eigenvalue weighted by atomic mass is 9.88. The van der Waals surface area contributed by atoms with Crippen molar-refractivity contribution < 1.29 is 14.8 Å². The van der Waals surface area contributed by atoms with Gasteiger partial charge in [-0.1, -0.05) is 37.1 Å². The van der Waals surface area contributed by atoms with Crippen molar-refractivity contribution in [2.45, 2.75) is 63.8 Å². The summed E-state index contributed by atoms with van der Waals surface area (Å²) in [7, 11) is 0. The Labute approximate surface area is 161 Å². The largest absolute Gasteiger partial charge is 0.339 e. The first-order valence-electron chi connectivity index (χ1n) is 10.4. The van der Waals surface area contributed by atoms with Gasteiger partial charge >= 0.3 is 0 Å². The summed E-state index contributed by atoms with van der Waals surface area (Å²) in [6.07, 6.45) is 9.29. The lowest BCUT2D eigenvalue weighted by molar-refractivity contribution is -0.134. The first-order chi connectivity index (χ1) is 13.1. The van der Waals surface area contributed by atoms with Gasteiger partial charge in [0.15, 0.2) is 0 Å². The summed E-state index contributed by atoms with van der Waals surface area (Å²) in [5.41, 5.74) is 3.62. The zero-order valence-corrected chi connectivity index (χ0v) is 15.9. The minimum atomic E-state index is -0.417. The molecular formula is C22H30N2O3. The van der Waals surface area contributed by atoms with E-state index in [2.05, 4.69) is 4.90 Å². The lowest BCUT2D eigenvalue weighted by Gasteiger charge is -2.31. The van der Waals surface area contributed by atoms with E-state index in [1.165, 1.54) is 38.5 Å². The van der Waals surface area contributed by atoms with Crippen molar-refractivity contribution in [3.63, 3.8) is 0 Å². The summed E-state index contributed by atoms with van der Waals surface area (Å²) < 4.78 is 0. The number of nitrogens with one attached hydrogen (secondary N) is 1. The normalized spacial score (nSPS) is 29.3.